The Labute approximate surface area is 84.4 Å². The average Bonchev–Trinajstić information content (AvgIpc) is 2.65. The Morgan fingerprint density at radius 2 is 2.57 bits per heavy atom. The molecule has 1 fully saturated rings. The van der Waals surface area contributed by atoms with E-state index < -0.39 is 6.04 Å². The van der Waals surface area contributed by atoms with E-state index in [2.05, 4.69) is 5.92 Å². The highest BCUT2D eigenvalue weighted by molar-refractivity contribution is 5.82. The molecule has 0 spiro atoms. The summed E-state index contributed by atoms with van der Waals surface area (Å²) in [7, 11) is 1.65. The van der Waals surface area contributed by atoms with Gasteiger partial charge in [-0.3, -0.25) is 4.79 Å². The summed E-state index contributed by atoms with van der Waals surface area (Å²) in [5, 5.41) is 0. The largest absolute Gasteiger partial charge is 0.380 e. The van der Waals surface area contributed by atoms with Gasteiger partial charge in [0.25, 0.3) is 0 Å². The average molecular weight is 196 g/mol. The third-order valence-corrected chi connectivity index (χ3v) is 2.44. The van der Waals surface area contributed by atoms with Gasteiger partial charge in [0.2, 0.25) is 5.91 Å². The predicted octanol–water partition coefficient (Wildman–Crippen LogP) is -0.416. The number of amides is 1. The summed E-state index contributed by atoms with van der Waals surface area (Å²) in [4.78, 5) is 13.4. The first-order valence-corrected chi connectivity index (χ1v) is 4.69. The lowest BCUT2D eigenvalue weighted by Crippen LogP contribution is -2.42. The highest BCUT2D eigenvalue weighted by atomic mass is 16.5. The summed E-state index contributed by atoms with van der Waals surface area (Å²) in [5.74, 6) is 2.33. The highest BCUT2D eigenvalue weighted by Crippen LogP contribution is 2.12. The first-order valence-electron chi connectivity index (χ1n) is 4.69. The Hall–Kier alpha value is -1.05. The van der Waals surface area contributed by atoms with Gasteiger partial charge in [0.15, 0.2) is 0 Å². The zero-order valence-corrected chi connectivity index (χ0v) is 8.40. The van der Waals surface area contributed by atoms with E-state index in [-0.39, 0.29) is 12.0 Å². The minimum atomic E-state index is -0.560. The zero-order valence-electron chi connectivity index (χ0n) is 8.40. The molecule has 4 heteroatoms. The molecule has 1 aliphatic rings. The van der Waals surface area contributed by atoms with Gasteiger partial charge >= 0.3 is 0 Å². The van der Waals surface area contributed by atoms with Crippen molar-refractivity contribution in [1.29, 1.82) is 0 Å². The maximum Gasteiger partial charge on any atom is 0.240 e. The van der Waals surface area contributed by atoms with Gasteiger partial charge < -0.3 is 15.4 Å². The number of hydrogen-bond donors (Lipinski definition) is 1. The summed E-state index contributed by atoms with van der Waals surface area (Å²) in [6.45, 7) is 1.35. The minimum absolute atomic E-state index is 0.0671. The standard InChI is InChI=1S/C10H16N2O2/c1-3-4-9(11)10(13)12-6-5-8(7-12)14-2/h1,8-9H,4-7,11H2,2H3. The molecule has 0 aromatic rings. The topological polar surface area (TPSA) is 55.6 Å². The summed E-state index contributed by atoms with van der Waals surface area (Å²) < 4.78 is 5.16. The summed E-state index contributed by atoms with van der Waals surface area (Å²) >= 11 is 0. The van der Waals surface area contributed by atoms with Gasteiger partial charge in [0, 0.05) is 26.6 Å². The van der Waals surface area contributed by atoms with Gasteiger partial charge in [-0.1, -0.05) is 0 Å². The molecule has 0 aromatic carbocycles. The Morgan fingerprint density at radius 1 is 1.86 bits per heavy atom. The molecule has 1 saturated heterocycles. The van der Waals surface area contributed by atoms with Crippen molar-refractivity contribution in [2.45, 2.75) is 25.0 Å². The van der Waals surface area contributed by atoms with Crippen LogP contribution in [0.3, 0.4) is 0 Å². The van der Waals surface area contributed by atoms with Crippen molar-refractivity contribution in [3.8, 4) is 12.3 Å². The van der Waals surface area contributed by atoms with Crippen molar-refractivity contribution in [2.24, 2.45) is 5.73 Å². The minimum Gasteiger partial charge on any atom is -0.380 e. The molecule has 0 aliphatic carbocycles. The first-order chi connectivity index (χ1) is 6.69. The molecule has 78 valence electrons. The summed E-state index contributed by atoms with van der Waals surface area (Å²) in [6, 6.07) is -0.560. The van der Waals surface area contributed by atoms with Crippen LogP contribution in [0, 0.1) is 12.3 Å². The van der Waals surface area contributed by atoms with E-state index in [1.807, 2.05) is 0 Å². The molecule has 2 N–H and O–H groups in total. The van der Waals surface area contributed by atoms with Crippen LogP contribution in [0.15, 0.2) is 0 Å². The number of terminal acetylenes is 1. The van der Waals surface area contributed by atoms with Crippen LogP contribution >= 0.6 is 0 Å². The lowest BCUT2D eigenvalue weighted by atomic mass is 10.2. The normalized spacial score (nSPS) is 23.2. The molecule has 2 atom stereocenters. The zero-order chi connectivity index (χ0) is 10.6. The van der Waals surface area contributed by atoms with Crippen LogP contribution < -0.4 is 5.73 Å². The maximum atomic E-state index is 11.6. The number of nitrogens with zero attached hydrogens (tertiary/aromatic N) is 1. The molecule has 1 amide bonds. The fourth-order valence-electron chi connectivity index (χ4n) is 1.57. The van der Waals surface area contributed by atoms with E-state index in [1.165, 1.54) is 0 Å². The van der Waals surface area contributed by atoms with Crippen LogP contribution in [0.1, 0.15) is 12.8 Å². The lowest BCUT2D eigenvalue weighted by Gasteiger charge is -2.19. The fraction of sp³-hybridized carbons (Fsp3) is 0.700. The van der Waals surface area contributed by atoms with E-state index in [1.54, 1.807) is 12.0 Å². The van der Waals surface area contributed by atoms with Crippen molar-refractivity contribution in [1.82, 2.24) is 4.90 Å². The van der Waals surface area contributed by atoms with E-state index in [9.17, 15) is 4.79 Å². The Morgan fingerprint density at radius 3 is 3.07 bits per heavy atom. The van der Waals surface area contributed by atoms with Crippen molar-refractivity contribution in [2.75, 3.05) is 20.2 Å². The third kappa shape index (κ3) is 2.47. The molecule has 2 unspecified atom stereocenters. The van der Waals surface area contributed by atoms with Crippen molar-refractivity contribution in [3.63, 3.8) is 0 Å². The van der Waals surface area contributed by atoms with Crippen LogP contribution in [-0.2, 0) is 9.53 Å². The van der Waals surface area contributed by atoms with Gasteiger partial charge in [-0.05, 0) is 6.42 Å². The molecule has 4 nitrogen and oxygen atoms in total. The van der Waals surface area contributed by atoms with Gasteiger partial charge in [-0.2, -0.15) is 0 Å². The number of carbonyl (C=O) groups is 1. The van der Waals surface area contributed by atoms with Gasteiger partial charge in [0.05, 0.1) is 12.1 Å². The predicted molar refractivity (Wildman–Crippen MR) is 53.4 cm³/mol. The van der Waals surface area contributed by atoms with Gasteiger partial charge in [0.1, 0.15) is 0 Å². The maximum absolute atomic E-state index is 11.6. The Balaban J connectivity index is 2.43. The summed E-state index contributed by atoms with van der Waals surface area (Å²) in [6.07, 6.45) is 6.42. The van der Waals surface area contributed by atoms with Crippen molar-refractivity contribution < 1.29 is 9.53 Å². The third-order valence-electron chi connectivity index (χ3n) is 2.44. The van der Waals surface area contributed by atoms with Gasteiger partial charge in [-0.25, -0.2) is 0 Å². The molecular formula is C10H16N2O2. The van der Waals surface area contributed by atoms with Crippen molar-refractivity contribution in [3.05, 3.63) is 0 Å². The molecular weight excluding hydrogens is 180 g/mol. The van der Waals surface area contributed by atoms with E-state index >= 15 is 0 Å². The molecule has 0 aromatic heterocycles. The second-order valence-electron chi connectivity index (χ2n) is 3.45. The molecule has 0 saturated carbocycles. The SMILES string of the molecule is C#CCC(N)C(=O)N1CCC(OC)C1. The first kappa shape index (κ1) is 11.0. The number of ether oxygens (including phenoxy) is 1. The number of carbonyl (C=O) groups excluding carboxylic acids is 1. The Kier molecular flexibility index (Phi) is 3.93. The number of rotatable bonds is 3. The molecule has 0 bridgehead atoms. The quantitative estimate of drug-likeness (QED) is 0.624. The van der Waals surface area contributed by atoms with E-state index in [0.29, 0.717) is 13.0 Å². The molecule has 1 aliphatic heterocycles. The van der Waals surface area contributed by atoms with Crippen LogP contribution in [0.2, 0.25) is 0 Å². The Bertz CT molecular complexity index is 247. The number of methoxy groups -OCH3 is 1. The second-order valence-corrected chi connectivity index (χ2v) is 3.45. The molecule has 1 rings (SSSR count). The fourth-order valence-corrected chi connectivity index (χ4v) is 1.57. The monoisotopic (exact) mass is 196 g/mol. The summed E-state index contributed by atoms with van der Waals surface area (Å²) in [5.41, 5.74) is 5.62. The number of likely N-dealkylation sites (tertiary alicyclic amines) is 1. The van der Waals surface area contributed by atoms with Crippen LogP contribution in [-0.4, -0.2) is 43.2 Å². The smallest absolute Gasteiger partial charge is 0.240 e. The number of nitrogens with two attached hydrogens (primary N) is 1. The van der Waals surface area contributed by atoms with Gasteiger partial charge in [-0.15, -0.1) is 12.3 Å². The van der Waals surface area contributed by atoms with Crippen LogP contribution in [0.5, 0.6) is 0 Å². The molecule has 0 radical (unpaired) electrons. The molecule has 1 heterocycles. The lowest BCUT2D eigenvalue weighted by molar-refractivity contribution is -0.131. The van der Waals surface area contributed by atoms with E-state index in [4.69, 9.17) is 16.9 Å². The van der Waals surface area contributed by atoms with Crippen LogP contribution in [0.4, 0.5) is 0 Å². The van der Waals surface area contributed by atoms with Crippen molar-refractivity contribution >= 4 is 5.91 Å². The highest BCUT2D eigenvalue weighted by Gasteiger charge is 2.28. The van der Waals surface area contributed by atoms with E-state index in [0.717, 1.165) is 13.0 Å². The second kappa shape index (κ2) is 4.99. The molecule has 14 heavy (non-hydrogen) atoms. The number of hydrogen-bond acceptors (Lipinski definition) is 3. The van der Waals surface area contributed by atoms with Crippen LogP contribution in [0.25, 0.3) is 0 Å².